The topological polar surface area (TPSA) is 60.0 Å². The summed E-state index contributed by atoms with van der Waals surface area (Å²) in [6.07, 6.45) is 3.03. The van der Waals surface area contributed by atoms with Gasteiger partial charge in [0.15, 0.2) is 11.5 Å². The van der Waals surface area contributed by atoms with E-state index >= 15 is 0 Å². The first kappa shape index (κ1) is 22.0. The molecule has 0 bridgehead atoms. The number of amides is 1. The fourth-order valence-electron chi connectivity index (χ4n) is 3.91. The van der Waals surface area contributed by atoms with E-state index in [1.807, 2.05) is 18.2 Å². The second-order valence-electron chi connectivity index (χ2n) is 7.64. The Hall–Kier alpha value is -2.73. The lowest BCUT2D eigenvalue weighted by atomic mass is 10.0. The summed E-state index contributed by atoms with van der Waals surface area (Å²) >= 11 is 0. The summed E-state index contributed by atoms with van der Waals surface area (Å²) in [7, 11) is 4.77. The van der Waals surface area contributed by atoms with E-state index in [0.717, 1.165) is 38.0 Å². The third-order valence-corrected chi connectivity index (χ3v) is 5.57. The van der Waals surface area contributed by atoms with E-state index in [1.165, 1.54) is 5.56 Å². The molecule has 1 N–H and O–H groups in total. The van der Waals surface area contributed by atoms with Gasteiger partial charge in [-0.1, -0.05) is 30.3 Å². The molecule has 0 saturated carbocycles. The van der Waals surface area contributed by atoms with Gasteiger partial charge in [0.25, 0.3) is 0 Å². The van der Waals surface area contributed by atoms with E-state index in [-0.39, 0.29) is 11.9 Å². The maximum atomic E-state index is 12.5. The van der Waals surface area contributed by atoms with Gasteiger partial charge in [-0.3, -0.25) is 9.69 Å². The second kappa shape index (κ2) is 10.9. The van der Waals surface area contributed by atoms with Gasteiger partial charge in [-0.05, 0) is 42.5 Å². The molecule has 1 aliphatic heterocycles. The fourth-order valence-corrected chi connectivity index (χ4v) is 3.91. The molecule has 0 unspecified atom stereocenters. The minimum Gasteiger partial charge on any atom is -0.493 e. The van der Waals surface area contributed by atoms with Crippen LogP contribution in [-0.4, -0.2) is 51.3 Å². The van der Waals surface area contributed by atoms with Crippen LogP contribution in [0.1, 0.15) is 30.4 Å². The Kier molecular flexibility index (Phi) is 7.97. The number of ether oxygens (including phenoxy) is 3. The minimum atomic E-state index is 0.0882. The standard InChI is InChI=1S/C24H32N2O4/c1-28-21-15-19(16-22(29-2)24(21)30-3)9-10-23(27)25-20-11-13-26(14-12-20)17-18-7-5-4-6-8-18/h4-8,15-16,20H,9-14,17H2,1-3H3,(H,25,27). The van der Waals surface area contributed by atoms with Crippen molar-refractivity contribution in [3.05, 3.63) is 53.6 Å². The molecule has 0 aromatic heterocycles. The van der Waals surface area contributed by atoms with Crippen LogP contribution in [0.3, 0.4) is 0 Å². The van der Waals surface area contributed by atoms with E-state index in [1.54, 1.807) is 21.3 Å². The Labute approximate surface area is 179 Å². The van der Waals surface area contributed by atoms with Crippen molar-refractivity contribution in [3.63, 3.8) is 0 Å². The lowest BCUT2D eigenvalue weighted by Gasteiger charge is -2.32. The van der Waals surface area contributed by atoms with Gasteiger partial charge in [0.1, 0.15) is 0 Å². The first-order chi connectivity index (χ1) is 14.6. The number of rotatable bonds is 9. The van der Waals surface area contributed by atoms with Crippen molar-refractivity contribution < 1.29 is 19.0 Å². The van der Waals surface area contributed by atoms with Gasteiger partial charge < -0.3 is 19.5 Å². The molecular formula is C24H32N2O4. The van der Waals surface area contributed by atoms with Crippen molar-refractivity contribution in [2.75, 3.05) is 34.4 Å². The molecule has 3 rings (SSSR count). The zero-order valence-electron chi connectivity index (χ0n) is 18.1. The third kappa shape index (κ3) is 5.89. The normalized spacial score (nSPS) is 14.9. The van der Waals surface area contributed by atoms with Gasteiger partial charge in [0.2, 0.25) is 11.7 Å². The molecule has 1 saturated heterocycles. The number of piperidine rings is 1. The van der Waals surface area contributed by atoms with Gasteiger partial charge in [-0.2, -0.15) is 0 Å². The average Bonchev–Trinajstić information content (AvgIpc) is 2.78. The third-order valence-electron chi connectivity index (χ3n) is 5.57. The highest BCUT2D eigenvalue weighted by molar-refractivity contribution is 5.76. The largest absolute Gasteiger partial charge is 0.493 e. The Morgan fingerprint density at radius 3 is 2.17 bits per heavy atom. The van der Waals surface area contributed by atoms with Gasteiger partial charge in [0, 0.05) is 32.1 Å². The zero-order valence-corrected chi connectivity index (χ0v) is 18.1. The van der Waals surface area contributed by atoms with Crippen molar-refractivity contribution >= 4 is 5.91 Å². The van der Waals surface area contributed by atoms with E-state index in [9.17, 15) is 4.79 Å². The summed E-state index contributed by atoms with van der Waals surface area (Å²) < 4.78 is 16.1. The van der Waals surface area contributed by atoms with Crippen LogP contribution in [0.25, 0.3) is 0 Å². The Bertz CT molecular complexity index is 792. The predicted octanol–water partition coefficient (Wildman–Crippen LogP) is 3.43. The van der Waals surface area contributed by atoms with Crippen LogP contribution in [-0.2, 0) is 17.8 Å². The second-order valence-corrected chi connectivity index (χ2v) is 7.64. The van der Waals surface area contributed by atoms with Crippen LogP contribution < -0.4 is 19.5 Å². The molecule has 0 radical (unpaired) electrons. The molecule has 30 heavy (non-hydrogen) atoms. The molecule has 1 amide bonds. The number of likely N-dealkylation sites (tertiary alicyclic amines) is 1. The number of hydrogen-bond acceptors (Lipinski definition) is 5. The van der Waals surface area contributed by atoms with Crippen LogP contribution in [0.15, 0.2) is 42.5 Å². The lowest BCUT2D eigenvalue weighted by molar-refractivity contribution is -0.122. The van der Waals surface area contributed by atoms with Gasteiger partial charge in [-0.15, -0.1) is 0 Å². The summed E-state index contributed by atoms with van der Waals surface area (Å²) in [6.45, 7) is 2.99. The van der Waals surface area contributed by atoms with Crippen LogP contribution in [0.5, 0.6) is 17.2 Å². The predicted molar refractivity (Wildman–Crippen MR) is 117 cm³/mol. The van der Waals surface area contributed by atoms with Gasteiger partial charge in [0.05, 0.1) is 21.3 Å². The van der Waals surface area contributed by atoms with Gasteiger partial charge >= 0.3 is 0 Å². The average molecular weight is 413 g/mol. The maximum absolute atomic E-state index is 12.5. The van der Waals surface area contributed by atoms with Gasteiger partial charge in [-0.25, -0.2) is 0 Å². The summed E-state index contributed by atoms with van der Waals surface area (Å²) in [4.78, 5) is 14.9. The molecule has 0 aliphatic carbocycles. The molecule has 162 valence electrons. The summed E-state index contributed by atoms with van der Waals surface area (Å²) in [6, 6.07) is 14.6. The molecular weight excluding hydrogens is 380 g/mol. The minimum absolute atomic E-state index is 0.0882. The molecule has 0 spiro atoms. The van der Waals surface area contributed by atoms with E-state index in [0.29, 0.717) is 30.1 Å². The number of methoxy groups -OCH3 is 3. The Morgan fingerprint density at radius 2 is 1.60 bits per heavy atom. The van der Waals surface area contributed by atoms with Crippen molar-refractivity contribution in [1.82, 2.24) is 10.2 Å². The highest BCUT2D eigenvalue weighted by atomic mass is 16.5. The van der Waals surface area contributed by atoms with Crippen molar-refractivity contribution in [2.24, 2.45) is 0 Å². The fraction of sp³-hybridized carbons (Fsp3) is 0.458. The SMILES string of the molecule is COc1cc(CCC(=O)NC2CCN(Cc3ccccc3)CC2)cc(OC)c1OC. The number of aryl methyl sites for hydroxylation is 1. The van der Waals surface area contributed by atoms with E-state index in [4.69, 9.17) is 14.2 Å². The van der Waals surface area contributed by atoms with Crippen LogP contribution in [0.2, 0.25) is 0 Å². The summed E-state index contributed by atoms with van der Waals surface area (Å²) in [5.74, 6) is 1.87. The number of carbonyl (C=O) groups is 1. The van der Waals surface area contributed by atoms with Crippen molar-refractivity contribution in [1.29, 1.82) is 0 Å². The number of hydrogen-bond donors (Lipinski definition) is 1. The lowest BCUT2D eigenvalue weighted by Crippen LogP contribution is -2.44. The summed E-state index contributed by atoms with van der Waals surface area (Å²) in [5, 5.41) is 3.20. The van der Waals surface area contributed by atoms with Crippen LogP contribution in [0, 0.1) is 0 Å². The Morgan fingerprint density at radius 1 is 0.967 bits per heavy atom. The molecule has 1 aliphatic rings. The molecule has 1 fully saturated rings. The quantitative estimate of drug-likeness (QED) is 0.684. The van der Waals surface area contributed by atoms with Crippen LogP contribution in [0.4, 0.5) is 0 Å². The van der Waals surface area contributed by atoms with Crippen molar-refractivity contribution in [3.8, 4) is 17.2 Å². The monoisotopic (exact) mass is 412 g/mol. The number of carbonyl (C=O) groups excluding carboxylic acids is 1. The highest BCUT2D eigenvalue weighted by Crippen LogP contribution is 2.38. The molecule has 2 aromatic carbocycles. The maximum Gasteiger partial charge on any atom is 0.220 e. The number of nitrogens with zero attached hydrogens (tertiary/aromatic N) is 1. The first-order valence-electron chi connectivity index (χ1n) is 10.5. The van der Waals surface area contributed by atoms with E-state index < -0.39 is 0 Å². The van der Waals surface area contributed by atoms with E-state index in [2.05, 4.69) is 34.5 Å². The number of nitrogens with one attached hydrogen (secondary N) is 1. The first-order valence-corrected chi connectivity index (χ1v) is 10.5. The number of benzene rings is 2. The molecule has 1 heterocycles. The van der Waals surface area contributed by atoms with Crippen molar-refractivity contribution in [2.45, 2.75) is 38.3 Å². The molecule has 2 aromatic rings. The smallest absolute Gasteiger partial charge is 0.220 e. The Balaban J connectivity index is 1.45. The van der Waals surface area contributed by atoms with Crippen LogP contribution >= 0.6 is 0 Å². The summed E-state index contributed by atoms with van der Waals surface area (Å²) in [5.41, 5.74) is 2.32. The molecule has 6 nitrogen and oxygen atoms in total. The highest BCUT2D eigenvalue weighted by Gasteiger charge is 2.21. The zero-order chi connectivity index (χ0) is 21.3. The molecule has 0 atom stereocenters. The molecule has 6 heteroatoms.